The van der Waals surface area contributed by atoms with Crippen LogP contribution in [0.3, 0.4) is 0 Å². The zero-order chi connectivity index (χ0) is 42.1. The average Bonchev–Trinajstić information content (AvgIpc) is 3.22. The van der Waals surface area contributed by atoms with Crippen LogP contribution in [0.15, 0.2) is 72.9 Å². The first kappa shape index (κ1) is 55.3. The first-order chi connectivity index (χ1) is 28.6. The van der Waals surface area contributed by atoms with Crippen LogP contribution in [0, 0.1) is 0 Å². The molecule has 0 aromatic rings. The number of rotatable bonds is 44. The second kappa shape index (κ2) is 48.7. The van der Waals surface area contributed by atoms with Crippen molar-refractivity contribution in [2.45, 2.75) is 232 Å². The smallest absolute Gasteiger partial charge is 0.306 e. The molecule has 0 bridgehead atoms. The van der Waals surface area contributed by atoms with Crippen LogP contribution in [0.25, 0.3) is 0 Å². The van der Waals surface area contributed by atoms with Gasteiger partial charge in [0.2, 0.25) is 0 Å². The van der Waals surface area contributed by atoms with E-state index in [1.54, 1.807) is 0 Å². The van der Waals surface area contributed by atoms with Gasteiger partial charge in [-0.15, -0.1) is 0 Å². The van der Waals surface area contributed by atoms with Crippen LogP contribution in [0.2, 0.25) is 0 Å². The van der Waals surface area contributed by atoms with Gasteiger partial charge < -0.3 is 14.2 Å². The lowest BCUT2D eigenvalue weighted by Crippen LogP contribution is -2.30. The Morgan fingerprint density at radius 2 is 0.776 bits per heavy atom. The molecule has 0 aliphatic carbocycles. The Morgan fingerprint density at radius 3 is 1.28 bits per heavy atom. The van der Waals surface area contributed by atoms with Gasteiger partial charge in [0.15, 0.2) is 6.10 Å². The van der Waals surface area contributed by atoms with Crippen molar-refractivity contribution in [2.24, 2.45) is 0 Å². The standard InChI is InChI=1S/C53H92O5/c1-4-7-10-13-15-17-19-21-23-25-27-28-30-32-34-36-38-41-43-46-52(54)57-50-51(58-53(55)47-44-40-12-9-6-3)49-56-48-45-42-39-37-35-33-31-29-26-24-22-20-18-16-14-11-8-5-2/h7,10,15,17,21-24,27-28,32,34,51H,4-6,8-9,11-14,16,18-20,25-26,29-31,33,35-50H2,1-3H3/b10-7-,17-15-,23-21-,24-22-,28-27-,34-32-. The topological polar surface area (TPSA) is 61.8 Å². The predicted molar refractivity (Wildman–Crippen MR) is 251 cm³/mol. The van der Waals surface area contributed by atoms with E-state index in [-0.39, 0.29) is 25.2 Å². The summed E-state index contributed by atoms with van der Waals surface area (Å²) >= 11 is 0. The number of ether oxygens (including phenoxy) is 3. The molecule has 0 radical (unpaired) electrons. The molecule has 0 spiro atoms. The van der Waals surface area contributed by atoms with Crippen LogP contribution in [0.4, 0.5) is 0 Å². The minimum atomic E-state index is -0.548. The SMILES string of the molecule is CC/C=C\C/C=C\C/C=C\C/C=C\C/C=C\CCCCCC(=O)OCC(COCCCCCCCCCC/C=C\CCCCCCCC)OC(=O)CCCCCCC. The zero-order valence-electron chi connectivity index (χ0n) is 38.3. The minimum Gasteiger partial charge on any atom is -0.462 e. The normalized spacial score (nSPS) is 12.8. The van der Waals surface area contributed by atoms with Crippen molar-refractivity contribution in [2.75, 3.05) is 19.8 Å². The van der Waals surface area contributed by atoms with E-state index < -0.39 is 6.10 Å². The Balaban J connectivity index is 4.10. The number of allylic oxidation sites excluding steroid dienone is 12. The van der Waals surface area contributed by atoms with Gasteiger partial charge in [0.1, 0.15) is 6.61 Å². The van der Waals surface area contributed by atoms with Crippen molar-refractivity contribution in [3.63, 3.8) is 0 Å². The Labute approximate surface area is 359 Å². The van der Waals surface area contributed by atoms with Crippen molar-refractivity contribution in [3.8, 4) is 0 Å². The van der Waals surface area contributed by atoms with E-state index in [4.69, 9.17) is 14.2 Å². The largest absolute Gasteiger partial charge is 0.462 e. The molecule has 0 heterocycles. The summed E-state index contributed by atoms with van der Waals surface area (Å²) in [5, 5.41) is 0. The van der Waals surface area contributed by atoms with E-state index in [0.717, 1.165) is 89.9 Å². The monoisotopic (exact) mass is 809 g/mol. The van der Waals surface area contributed by atoms with Crippen LogP contribution in [-0.2, 0) is 23.8 Å². The Hall–Kier alpha value is -2.66. The fraction of sp³-hybridized carbons (Fsp3) is 0.736. The fourth-order valence-electron chi connectivity index (χ4n) is 6.59. The Morgan fingerprint density at radius 1 is 0.397 bits per heavy atom. The summed E-state index contributed by atoms with van der Waals surface area (Å²) in [6, 6.07) is 0. The quantitative estimate of drug-likeness (QED) is 0.0348. The molecule has 0 saturated heterocycles. The number of carbonyl (C=O) groups excluding carboxylic acids is 2. The summed E-state index contributed by atoms with van der Waals surface area (Å²) in [6.07, 6.45) is 62.2. The highest BCUT2D eigenvalue weighted by Gasteiger charge is 2.17. The molecule has 0 rings (SSSR count). The van der Waals surface area contributed by atoms with Gasteiger partial charge in [0.25, 0.3) is 0 Å². The van der Waals surface area contributed by atoms with E-state index in [1.807, 2.05) is 0 Å². The van der Waals surface area contributed by atoms with Gasteiger partial charge in [-0.1, -0.05) is 196 Å². The summed E-state index contributed by atoms with van der Waals surface area (Å²) in [6.45, 7) is 7.60. The highest BCUT2D eigenvalue weighted by Crippen LogP contribution is 2.13. The first-order valence-electron chi connectivity index (χ1n) is 24.5. The molecule has 0 aromatic carbocycles. The van der Waals surface area contributed by atoms with Crippen molar-refractivity contribution < 1.29 is 23.8 Å². The molecule has 58 heavy (non-hydrogen) atoms. The van der Waals surface area contributed by atoms with E-state index >= 15 is 0 Å². The number of carbonyl (C=O) groups is 2. The molecule has 1 atom stereocenters. The third-order valence-electron chi connectivity index (χ3n) is 10.2. The van der Waals surface area contributed by atoms with Crippen LogP contribution in [-0.4, -0.2) is 37.9 Å². The summed E-state index contributed by atoms with van der Waals surface area (Å²) < 4.78 is 17.2. The maximum absolute atomic E-state index is 12.6. The second-order valence-electron chi connectivity index (χ2n) is 16.0. The second-order valence-corrected chi connectivity index (χ2v) is 16.0. The number of unbranched alkanes of at least 4 members (excludes halogenated alkanes) is 21. The van der Waals surface area contributed by atoms with Crippen molar-refractivity contribution >= 4 is 11.9 Å². The van der Waals surface area contributed by atoms with Gasteiger partial charge in [0.05, 0.1) is 6.61 Å². The van der Waals surface area contributed by atoms with E-state index in [0.29, 0.717) is 19.4 Å². The summed E-state index contributed by atoms with van der Waals surface area (Å²) in [7, 11) is 0. The summed E-state index contributed by atoms with van der Waals surface area (Å²) in [5.74, 6) is -0.448. The lowest BCUT2D eigenvalue weighted by Gasteiger charge is -2.18. The molecule has 0 amide bonds. The first-order valence-corrected chi connectivity index (χ1v) is 24.5. The molecular weight excluding hydrogens is 717 g/mol. The molecule has 0 fully saturated rings. The maximum atomic E-state index is 12.6. The molecule has 334 valence electrons. The molecular formula is C53H92O5. The van der Waals surface area contributed by atoms with Crippen molar-refractivity contribution in [3.05, 3.63) is 72.9 Å². The average molecular weight is 809 g/mol. The molecule has 0 aliphatic rings. The third kappa shape index (κ3) is 46.0. The number of hydrogen-bond acceptors (Lipinski definition) is 5. The van der Waals surface area contributed by atoms with E-state index in [9.17, 15) is 9.59 Å². The van der Waals surface area contributed by atoms with E-state index in [1.165, 1.54) is 103 Å². The predicted octanol–water partition coefficient (Wildman–Crippen LogP) is 16.3. The maximum Gasteiger partial charge on any atom is 0.306 e. The van der Waals surface area contributed by atoms with Crippen LogP contribution in [0.5, 0.6) is 0 Å². The van der Waals surface area contributed by atoms with Gasteiger partial charge in [-0.2, -0.15) is 0 Å². The highest BCUT2D eigenvalue weighted by atomic mass is 16.6. The van der Waals surface area contributed by atoms with Gasteiger partial charge in [-0.3, -0.25) is 9.59 Å². The van der Waals surface area contributed by atoms with Crippen LogP contribution < -0.4 is 0 Å². The molecule has 5 nitrogen and oxygen atoms in total. The summed E-state index contributed by atoms with van der Waals surface area (Å²) in [5.41, 5.74) is 0. The van der Waals surface area contributed by atoms with Crippen molar-refractivity contribution in [1.29, 1.82) is 0 Å². The highest BCUT2D eigenvalue weighted by molar-refractivity contribution is 5.70. The lowest BCUT2D eigenvalue weighted by molar-refractivity contribution is -0.163. The number of esters is 2. The van der Waals surface area contributed by atoms with Crippen LogP contribution >= 0.6 is 0 Å². The van der Waals surface area contributed by atoms with Crippen molar-refractivity contribution in [1.82, 2.24) is 0 Å². The Kier molecular flexibility index (Phi) is 46.5. The molecule has 0 aromatic heterocycles. The third-order valence-corrected chi connectivity index (χ3v) is 10.2. The molecule has 5 heteroatoms. The Bertz CT molecular complexity index is 1050. The lowest BCUT2D eigenvalue weighted by atomic mass is 10.1. The molecule has 0 saturated carbocycles. The van der Waals surface area contributed by atoms with Gasteiger partial charge in [0, 0.05) is 19.4 Å². The van der Waals surface area contributed by atoms with Gasteiger partial charge in [-0.05, 0) is 89.9 Å². The number of hydrogen-bond donors (Lipinski definition) is 0. The van der Waals surface area contributed by atoms with Gasteiger partial charge >= 0.3 is 11.9 Å². The van der Waals surface area contributed by atoms with Gasteiger partial charge in [-0.25, -0.2) is 0 Å². The molecule has 0 N–H and O–H groups in total. The molecule has 1 unspecified atom stereocenters. The zero-order valence-corrected chi connectivity index (χ0v) is 38.3. The van der Waals surface area contributed by atoms with Crippen LogP contribution in [0.1, 0.15) is 226 Å². The van der Waals surface area contributed by atoms with E-state index in [2.05, 4.69) is 93.7 Å². The molecule has 0 aliphatic heterocycles. The fourth-order valence-corrected chi connectivity index (χ4v) is 6.59. The summed E-state index contributed by atoms with van der Waals surface area (Å²) in [4.78, 5) is 25.1. The minimum absolute atomic E-state index is 0.0648.